The monoisotopic (exact) mass is 294 g/mol. The number of nitrogens with zero attached hydrogens (tertiary/aromatic N) is 4. The lowest BCUT2D eigenvalue weighted by Gasteiger charge is -2.06. The minimum atomic E-state index is 0.402. The highest BCUT2D eigenvalue weighted by atomic mass is 16.5. The highest BCUT2D eigenvalue weighted by Crippen LogP contribution is 2.27. The van der Waals surface area contributed by atoms with Gasteiger partial charge in [-0.25, -0.2) is 9.67 Å². The Balaban J connectivity index is 1.99. The Morgan fingerprint density at radius 3 is 2.55 bits per heavy atom. The maximum Gasteiger partial charge on any atom is 0.161 e. The van der Waals surface area contributed by atoms with Crippen molar-refractivity contribution in [2.24, 2.45) is 0 Å². The maximum absolute atomic E-state index is 9.09. The van der Waals surface area contributed by atoms with Crippen LogP contribution in [0.25, 0.3) is 11.0 Å². The van der Waals surface area contributed by atoms with Gasteiger partial charge in [-0.05, 0) is 17.7 Å². The van der Waals surface area contributed by atoms with Gasteiger partial charge in [0.15, 0.2) is 11.4 Å². The van der Waals surface area contributed by atoms with Crippen molar-refractivity contribution >= 4 is 11.0 Å². The molecule has 0 atom stereocenters. The first-order chi connectivity index (χ1) is 10.8. The molecule has 3 aromatic rings. The van der Waals surface area contributed by atoms with Crippen LogP contribution in [0.5, 0.6) is 11.5 Å². The number of benzene rings is 1. The molecule has 0 radical (unpaired) electrons. The van der Waals surface area contributed by atoms with E-state index in [2.05, 4.69) is 16.2 Å². The van der Waals surface area contributed by atoms with Crippen LogP contribution in [0, 0.1) is 11.3 Å². The molecule has 0 unspecified atom stereocenters. The second-order valence-corrected chi connectivity index (χ2v) is 4.70. The van der Waals surface area contributed by atoms with Crippen molar-refractivity contribution < 1.29 is 9.47 Å². The Kier molecular flexibility index (Phi) is 3.62. The van der Waals surface area contributed by atoms with Crippen molar-refractivity contribution in [3.05, 3.63) is 47.8 Å². The van der Waals surface area contributed by atoms with E-state index < -0.39 is 0 Å². The summed E-state index contributed by atoms with van der Waals surface area (Å²) in [4.78, 5) is 4.32. The van der Waals surface area contributed by atoms with Crippen LogP contribution in [0.3, 0.4) is 0 Å². The number of fused-ring (bicyclic) bond motifs is 1. The van der Waals surface area contributed by atoms with Gasteiger partial charge in [0, 0.05) is 0 Å². The normalized spacial score (nSPS) is 10.4. The maximum atomic E-state index is 9.09. The SMILES string of the molecule is COc1ccc(Cn2ncc3c(OC)c(C#N)cnc32)cc1. The van der Waals surface area contributed by atoms with E-state index in [1.54, 1.807) is 18.0 Å². The number of rotatable bonds is 4. The van der Waals surface area contributed by atoms with Gasteiger partial charge in [-0.1, -0.05) is 12.1 Å². The van der Waals surface area contributed by atoms with Gasteiger partial charge in [-0.3, -0.25) is 0 Å². The molecule has 0 bridgehead atoms. The van der Waals surface area contributed by atoms with Gasteiger partial charge in [-0.15, -0.1) is 0 Å². The van der Waals surface area contributed by atoms with Crippen molar-refractivity contribution in [3.8, 4) is 17.6 Å². The zero-order valence-electron chi connectivity index (χ0n) is 12.3. The predicted octanol–water partition coefficient (Wildman–Crippen LogP) is 2.37. The van der Waals surface area contributed by atoms with E-state index in [0.29, 0.717) is 23.5 Å². The molecule has 0 fully saturated rings. The van der Waals surface area contributed by atoms with E-state index in [4.69, 9.17) is 14.7 Å². The topological polar surface area (TPSA) is 73.0 Å². The Bertz CT molecular complexity index is 847. The van der Waals surface area contributed by atoms with Crippen LogP contribution in [0.4, 0.5) is 0 Å². The molecule has 3 rings (SSSR count). The highest BCUT2D eigenvalue weighted by molar-refractivity contribution is 5.84. The van der Waals surface area contributed by atoms with Crippen LogP contribution in [0.1, 0.15) is 11.1 Å². The Morgan fingerprint density at radius 2 is 1.91 bits per heavy atom. The fourth-order valence-corrected chi connectivity index (χ4v) is 2.32. The largest absolute Gasteiger partial charge is 0.497 e. The fraction of sp³-hybridized carbons (Fsp3) is 0.188. The van der Waals surface area contributed by atoms with Crippen LogP contribution >= 0.6 is 0 Å². The molecule has 0 aliphatic heterocycles. The Labute approximate surface area is 127 Å². The van der Waals surface area contributed by atoms with Gasteiger partial charge in [0.2, 0.25) is 0 Å². The standard InChI is InChI=1S/C16H14N4O2/c1-21-13-5-3-11(4-6-13)10-20-16-14(9-19-20)15(22-2)12(7-17)8-18-16/h3-6,8-9H,10H2,1-2H3. The molecule has 0 aliphatic rings. The zero-order valence-corrected chi connectivity index (χ0v) is 12.3. The average Bonchev–Trinajstić information content (AvgIpc) is 2.97. The number of nitriles is 1. The van der Waals surface area contributed by atoms with Gasteiger partial charge in [0.05, 0.1) is 38.5 Å². The molecule has 22 heavy (non-hydrogen) atoms. The van der Waals surface area contributed by atoms with Gasteiger partial charge in [-0.2, -0.15) is 10.4 Å². The summed E-state index contributed by atoms with van der Waals surface area (Å²) in [6.07, 6.45) is 3.18. The summed E-state index contributed by atoms with van der Waals surface area (Å²) in [6.45, 7) is 0.579. The third kappa shape index (κ3) is 2.33. The first-order valence-corrected chi connectivity index (χ1v) is 6.68. The summed E-state index contributed by atoms with van der Waals surface area (Å²) in [5.41, 5.74) is 2.17. The molecule has 0 aliphatic carbocycles. The van der Waals surface area contributed by atoms with E-state index in [9.17, 15) is 0 Å². The summed E-state index contributed by atoms with van der Waals surface area (Å²) in [5.74, 6) is 1.32. The third-order valence-electron chi connectivity index (χ3n) is 3.43. The molecule has 2 heterocycles. The van der Waals surface area contributed by atoms with Crippen LogP contribution < -0.4 is 9.47 Å². The molecule has 2 aromatic heterocycles. The summed E-state index contributed by atoms with van der Waals surface area (Å²) in [7, 11) is 3.18. The van der Waals surface area contributed by atoms with Gasteiger partial charge < -0.3 is 9.47 Å². The van der Waals surface area contributed by atoms with E-state index in [1.807, 2.05) is 24.3 Å². The molecule has 6 nitrogen and oxygen atoms in total. The first kappa shape index (κ1) is 13.9. The van der Waals surface area contributed by atoms with Crippen LogP contribution in [-0.4, -0.2) is 29.0 Å². The Hall–Kier alpha value is -3.07. The van der Waals surface area contributed by atoms with Crippen molar-refractivity contribution in [2.75, 3.05) is 14.2 Å². The molecule has 110 valence electrons. The number of aromatic nitrogens is 3. The minimum Gasteiger partial charge on any atom is -0.497 e. The van der Waals surface area contributed by atoms with Crippen molar-refractivity contribution in [1.29, 1.82) is 5.26 Å². The molecule has 6 heteroatoms. The van der Waals surface area contributed by atoms with E-state index >= 15 is 0 Å². The number of methoxy groups -OCH3 is 2. The summed E-state index contributed by atoms with van der Waals surface area (Å²) in [5, 5.41) is 14.2. The quantitative estimate of drug-likeness (QED) is 0.738. The molecular weight excluding hydrogens is 280 g/mol. The van der Waals surface area contributed by atoms with Crippen LogP contribution in [0.2, 0.25) is 0 Å². The summed E-state index contributed by atoms with van der Waals surface area (Å²) < 4.78 is 12.2. The van der Waals surface area contributed by atoms with Crippen molar-refractivity contribution in [3.63, 3.8) is 0 Å². The number of ether oxygens (including phenoxy) is 2. The molecule has 0 N–H and O–H groups in total. The van der Waals surface area contributed by atoms with E-state index in [-0.39, 0.29) is 0 Å². The van der Waals surface area contributed by atoms with Gasteiger partial charge in [0.25, 0.3) is 0 Å². The highest BCUT2D eigenvalue weighted by Gasteiger charge is 2.13. The molecule has 0 saturated heterocycles. The van der Waals surface area contributed by atoms with Crippen LogP contribution in [0.15, 0.2) is 36.7 Å². The second kappa shape index (κ2) is 5.74. The third-order valence-corrected chi connectivity index (χ3v) is 3.43. The zero-order chi connectivity index (χ0) is 15.5. The number of hydrogen-bond donors (Lipinski definition) is 0. The smallest absolute Gasteiger partial charge is 0.161 e. The first-order valence-electron chi connectivity index (χ1n) is 6.68. The lowest BCUT2D eigenvalue weighted by Crippen LogP contribution is -2.03. The lowest BCUT2D eigenvalue weighted by molar-refractivity contribution is 0.414. The van der Waals surface area contributed by atoms with E-state index in [1.165, 1.54) is 13.3 Å². The Morgan fingerprint density at radius 1 is 1.14 bits per heavy atom. The summed E-state index contributed by atoms with van der Waals surface area (Å²) in [6, 6.07) is 9.84. The molecule has 0 saturated carbocycles. The van der Waals surface area contributed by atoms with E-state index in [0.717, 1.165) is 16.7 Å². The molecule has 0 spiro atoms. The average molecular weight is 294 g/mol. The van der Waals surface area contributed by atoms with Gasteiger partial charge in [0.1, 0.15) is 17.4 Å². The van der Waals surface area contributed by atoms with Gasteiger partial charge >= 0.3 is 0 Å². The number of hydrogen-bond acceptors (Lipinski definition) is 5. The van der Waals surface area contributed by atoms with Crippen molar-refractivity contribution in [2.45, 2.75) is 6.54 Å². The second-order valence-electron chi connectivity index (χ2n) is 4.70. The van der Waals surface area contributed by atoms with Crippen LogP contribution in [-0.2, 0) is 6.54 Å². The molecule has 0 amide bonds. The van der Waals surface area contributed by atoms with Crippen molar-refractivity contribution in [1.82, 2.24) is 14.8 Å². The fourth-order valence-electron chi connectivity index (χ4n) is 2.32. The molecular formula is C16H14N4O2. The molecule has 1 aromatic carbocycles. The lowest BCUT2D eigenvalue weighted by atomic mass is 10.2. The summed E-state index contributed by atoms with van der Waals surface area (Å²) >= 11 is 0. The minimum absolute atomic E-state index is 0.402. The number of pyridine rings is 1. The predicted molar refractivity (Wildman–Crippen MR) is 80.9 cm³/mol.